The number of fused-ring (bicyclic) bond motifs is 6. The summed E-state index contributed by atoms with van der Waals surface area (Å²) in [4.78, 5) is 13.4. The molecule has 0 aromatic heterocycles. The number of ether oxygens (including phenoxy) is 1. The summed E-state index contributed by atoms with van der Waals surface area (Å²) in [6, 6.07) is 24.0. The number of benzene rings is 3. The summed E-state index contributed by atoms with van der Waals surface area (Å²) in [5.41, 5.74) is 4.47. The maximum atomic E-state index is 13.4. The number of hydrazone groups is 1. The van der Waals surface area contributed by atoms with E-state index in [0.717, 1.165) is 45.8 Å². The molecule has 3 aromatic carbocycles. The summed E-state index contributed by atoms with van der Waals surface area (Å²) in [5, 5.41) is 9.84. The molecule has 1 N–H and O–H groups in total. The first-order valence-corrected chi connectivity index (χ1v) is 9.79. The lowest BCUT2D eigenvalue weighted by Gasteiger charge is -2.44. The van der Waals surface area contributed by atoms with Crippen molar-refractivity contribution in [2.24, 2.45) is 5.10 Å². The van der Waals surface area contributed by atoms with Gasteiger partial charge in [0.05, 0.1) is 23.0 Å². The van der Waals surface area contributed by atoms with Crippen molar-refractivity contribution in [1.82, 2.24) is 5.01 Å². The molecule has 3 heterocycles. The fourth-order valence-corrected chi connectivity index (χ4v) is 4.61. The first-order chi connectivity index (χ1) is 14.2. The van der Waals surface area contributed by atoms with Gasteiger partial charge in [-0.3, -0.25) is 4.79 Å². The summed E-state index contributed by atoms with van der Waals surface area (Å²) in [5.74, 6) is 0.540. The summed E-state index contributed by atoms with van der Waals surface area (Å²) in [7, 11) is 0. The number of anilines is 1. The Labute approximate surface area is 168 Å². The van der Waals surface area contributed by atoms with Crippen LogP contribution in [0.1, 0.15) is 34.7 Å². The number of rotatable bonds is 1. The number of para-hydroxylation sites is 1. The van der Waals surface area contributed by atoms with Gasteiger partial charge in [0.25, 0.3) is 5.91 Å². The average molecular weight is 381 g/mol. The second kappa shape index (κ2) is 5.70. The molecular weight excluding hydrogens is 362 g/mol. The molecule has 0 radical (unpaired) electrons. The number of nitrogens with zero attached hydrogens (tertiary/aromatic N) is 2. The highest BCUT2D eigenvalue weighted by molar-refractivity contribution is 6.07. The van der Waals surface area contributed by atoms with E-state index in [0.29, 0.717) is 0 Å². The lowest BCUT2D eigenvalue weighted by atomic mass is 9.92. The van der Waals surface area contributed by atoms with Crippen molar-refractivity contribution in [3.8, 4) is 5.75 Å². The highest BCUT2D eigenvalue weighted by Gasteiger charge is 2.60. The van der Waals surface area contributed by atoms with Crippen molar-refractivity contribution in [2.75, 3.05) is 5.32 Å². The Morgan fingerprint density at radius 1 is 1.07 bits per heavy atom. The number of hydrogen-bond donors (Lipinski definition) is 1. The molecule has 3 aliphatic heterocycles. The molecule has 5 heteroatoms. The minimum Gasteiger partial charge on any atom is -0.453 e. The second-order valence-electron chi connectivity index (χ2n) is 7.76. The standard InChI is InChI=1S/C24H19N3O2/c1-15-11-12-19-18(13-15)24(23(28)25-19)27-21(17-9-5-6-10-22(17)29-24)14-20(26-27)16-7-3-2-4-8-16/h2-13,21H,14H2,1H3,(H,25,28)/t21-,24+/m1/s1. The van der Waals surface area contributed by atoms with Crippen LogP contribution in [0.2, 0.25) is 0 Å². The Kier molecular flexibility index (Phi) is 3.22. The molecule has 2 atom stereocenters. The Balaban J connectivity index is 1.59. The number of carbonyl (C=O) groups excluding carboxylic acids is 1. The molecule has 0 unspecified atom stereocenters. The highest BCUT2D eigenvalue weighted by Crippen LogP contribution is 2.54. The van der Waals surface area contributed by atoms with Crippen LogP contribution in [0.4, 0.5) is 5.69 Å². The van der Waals surface area contributed by atoms with Crippen molar-refractivity contribution in [2.45, 2.75) is 25.1 Å². The van der Waals surface area contributed by atoms with E-state index < -0.39 is 5.72 Å². The number of aryl methyl sites for hydroxylation is 1. The molecule has 0 fully saturated rings. The smallest absolute Gasteiger partial charge is 0.306 e. The third-order valence-electron chi connectivity index (χ3n) is 5.97. The molecule has 0 bridgehead atoms. The van der Waals surface area contributed by atoms with Gasteiger partial charge in [-0.25, -0.2) is 5.01 Å². The molecule has 29 heavy (non-hydrogen) atoms. The summed E-state index contributed by atoms with van der Waals surface area (Å²) in [6.45, 7) is 2.02. The Morgan fingerprint density at radius 3 is 2.72 bits per heavy atom. The predicted octanol–water partition coefficient (Wildman–Crippen LogP) is 4.34. The highest BCUT2D eigenvalue weighted by atomic mass is 16.5. The van der Waals surface area contributed by atoms with Crippen LogP contribution in [-0.4, -0.2) is 16.6 Å². The molecule has 1 amide bonds. The lowest BCUT2D eigenvalue weighted by molar-refractivity contribution is -0.161. The molecule has 3 aromatic rings. The molecule has 0 saturated heterocycles. The predicted molar refractivity (Wildman–Crippen MR) is 111 cm³/mol. The van der Waals surface area contributed by atoms with Crippen LogP contribution in [0.25, 0.3) is 0 Å². The molecule has 3 aliphatic rings. The van der Waals surface area contributed by atoms with Gasteiger partial charge in [-0.1, -0.05) is 60.2 Å². The van der Waals surface area contributed by atoms with Crippen LogP contribution in [0.15, 0.2) is 77.9 Å². The Bertz CT molecular complexity index is 1190. The number of hydrogen-bond acceptors (Lipinski definition) is 4. The third-order valence-corrected chi connectivity index (χ3v) is 5.97. The molecule has 0 aliphatic carbocycles. The SMILES string of the molecule is Cc1ccc2c(c1)[C@]1(Oc3ccccc3[C@H]3CC(c4ccccc4)=NN31)C(=O)N2. The second-order valence-corrected chi connectivity index (χ2v) is 7.76. The topological polar surface area (TPSA) is 53.9 Å². The molecule has 6 rings (SSSR count). The van der Waals surface area contributed by atoms with E-state index in [9.17, 15) is 4.79 Å². The van der Waals surface area contributed by atoms with Crippen molar-refractivity contribution in [3.05, 3.63) is 95.1 Å². The van der Waals surface area contributed by atoms with Gasteiger partial charge >= 0.3 is 5.72 Å². The van der Waals surface area contributed by atoms with Crippen molar-refractivity contribution >= 4 is 17.3 Å². The molecule has 5 nitrogen and oxygen atoms in total. The minimum atomic E-state index is -1.29. The van der Waals surface area contributed by atoms with E-state index in [1.54, 1.807) is 0 Å². The quantitative estimate of drug-likeness (QED) is 0.682. The summed E-state index contributed by atoms with van der Waals surface area (Å²) < 4.78 is 6.48. The van der Waals surface area contributed by atoms with Crippen molar-refractivity contribution in [1.29, 1.82) is 0 Å². The molecule has 1 spiro atoms. The fraction of sp³-hybridized carbons (Fsp3) is 0.167. The van der Waals surface area contributed by atoms with Gasteiger partial charge in [-0.2, -0.15) is 5.10 Å². The van der Waals surface area contributed by atoms with E-state index in [-0.39, 0.29) is 11.9 Å². The monoisotopic (exact) mass is 381 g/mol. The zero-order valence-electron chi connectivity index (χ0n) is 15.9. The zero-order chi connectivity index (χ0) is 19.6. The van der Waals surface area contributed by atoms with Crippen LogP contribution < -0.4 is 10.1 Å². The normalized spacial score (nSPS) is 23.8. The van der Waals surface area contributed by atoms with Crippen LogP contribution in [-0.2, 0) is 10.5 Å². The first-order valence-electron chi connectivity index (χ1n) is 9.79. The largest absolute Gasteiger partial charge is 0.453 e. The van der Waals surface area contributed by atoms with Gasteiger partial charge in [0.2, 0.25) is 0 Å². The van der Waals surface area contributed by atoms with Gasteiger partial charge in [-0.15, -0.1) is 0 Å². The minimum absolute atomic E-state index is 0.0626. The number of carbonyl (C=O) groups is 1. The molecule has 0 saturated carbocycles. The third kappa shape index (κ3) is 2.15. The van der Waals surface area contributed by atoms with Gasteiger partial charge in [-0.05, 0) is 30.7 Å². The van der Waals surface area contributed by atoms with Gasteiger partial charge in [0, 0.05) is 12.0 Å². The van der Waals surface area contributed by atoms with Gasteiger partial charge in [0.15, 0.2) is 0 Å². The summed E-state index contributed by atoms with van der Waals surface area (Å²) in [6.07, 6.45) is 0.723. The first kappa shape index (κ1) is 16.4. The van der Waals surface area contributed by atoms with E-state index in [4.69, 9.17) is 9.84 Å². The maximum absolute atomic E-state index is 13.4. The zero-order valence-corrected chi connectivity index (χ0v) is 15.9. The van der Waals surface area contributed by atoms with Crippen molar-refractivity contribution < 1.29 is 9.53 Å². The Hall–Kier alpha value is -3.60. The van der Waals surface area contributed by atoms with E-state index >= 15 is 0 Å². The average Bonchev–Trinajstić information content (AvgIpc) is 3.31. The number of amides is 1. The fourth-order valence-electron chi connectivity index (χ4n) is 4.61. The van der Waals surface area contributed by atoms with Gasteiger partial charge < -0.3 is 10.1 Å². The Morgan fingerprint density at radius 2 is 1.86 bits per heavy atom. The van der Waals surface area contributed by atoms with E-state index in [1.807, 2.05) is 66.5 Å². The van der Waals surface area contributed by atoms with Crippen LogP contribution >= 0.6 is 0 Å². The lowest BCUT2D eigenvalue weighted by Crippen LogP contribution is -2.55. The summed E-state index contributed by atoms with van der Waals surface area (Å²) >= 11 is 0. The van der Waals surface area contributed by atoms with Crippen molar-refractivity contribution in [3.63, 3.8) is 0 Å². The van der Waals surface area contributed by atoms with Crippen LogP contribution in [0, 0.1) is 6.92 Å². The van der Waals surface area contributed by atoms with Crippen LogP contribution in [0.5, 0.6) is 5.75 Å². The van der Waals surface area contributed by atoms with Crippen LogP contribution in [0.3, 0.4) is 0 Å². The number of nitrogens with one attached hydrogen (secondary N) is 1. The van der Waals surface area contributed by atoms with E-state index in [2.05, 4.69) is 23.5 Å². The van der Waals surface area contributed by atoms with E-state index in [1.165, 1.54) is 0 Å². The van der Waals surface area contributed by atoms with Gasteiger partial charge in [0.1, 0.15) is 5.75 Å². The molecular formula is C24H19N3O2. The maximum Gasteiger partial charge on any atom is 0.306 e. The molecule has 142 valence electrons.